The van der Waals surface area contributed by atoms with E-state index < -0.39 is 0 Å². The first-order chi connectivity index (χ1) is 28.3. The fourth-order valence-electron chi connectivity index (χ4n) is 7.29. The first-order valence-corrected chi connectivity index (χ1v) is 20.6. The highest BCUT2D eigenvalue weighted by atomic mass is 16.5. The van der Waals surface area contributed by atoms with Gasteiger partial charge in [-0.05, 0) is 109 Å². The second kappa shape index (κ2) is 20.9. The first-order valence-electron chi connectivity index (χ1n) is 20.6. The molecule has 4 aromatic carbocycles. The van der Waals surface area contributed by atoms with Gasteiger partial charge in [-0.3, -0.25) is 28.5 Å². The van der Waals surface area contributed by atoms with Gasteiger partial charge in [0.25, 0.3) is 11.1 Å². The summed E-state index contributed by atoms with van der Waals surface area (Å²) in [5.74, 6) is 2.87. The Labute approximate surface area is 341 Å². The van der Waals surface area contributed by atoms with Crippen molar-refractivity contribution in [3.05, 3.63) is 129 Å². The molecule has 306 valence electrons. The maximum absolute atomic E-state index is 13.6. The molecule has 0 aliphatic carbocycles. The van der Waals surface area contributed by atoms with Crippen molar-refractivity contribution < 1.29 is 9.47 Å². The largest absolute Gasteiger partial charge is 0.492 e. The molecule has 1 saturated heterocycles. The summed E-state index contributed by atoms with van der Waals surface area (Å²) in [6, 6.07) is 30.5. The van der Waals surface area contributed by atoms with Crippen molar-refractivity contribution in [1.29, 1.82) is 0 Å². The molecule has 12 heteroatoms. The second-order valence-corrected chi connectivity index (χ2v) is 14.6. The van der Waals surface area contributed by atoms with Crippen molar-refractivity contribution in [3.63, 3.8) is 0 Å². The van der Waals surface area contributed by atoms with Gasteiger partial charge in [-0.2, -0.15) is 0 Å². The summed E-state index contributed by atoms with van der Waals surface area (Å²) in [5.41, 5.74) is 2.83. The van der Waals surface area contributed by atoms with Crippen molar-refractivity contribution >= 4 is 21.8 Å². The monoisotopic (exact) mass is 786 g/mol. The van der Waals surface area contributed by atoms with E-state index in [1.165, 1.54) is 0 Å². The maximum atomic E-state index is 13.6. The number of benzene rings is 4. The highest BCUT2D eigenvalue weighted by molar-refractivity contribution is 5.79. The Morgan fingerprint density at radius 1 is 0.638 bits per heavy atom. The Bertz CT molecular complexity index is 2370. The van der Waals surface area contributed by atoms with Crippen LogP contribution in [-0.4, -0.2) is 107 Å². The van der Waals surface area contributed by atoms with Crippen LogP contribution in [0, 0.1) is 0 Å². The molecule has 7 rings (SSSR count). The van der Waals surface area contributed by atoms with Gasteiger partial charge >= 0.3 is 0 Å². The van der Waals surface area contributed by atoms with E-state index in [9.17, 15) is 9.59 Å². The number of nitrogens with one attached hydrogen (secondary N) is 1. The molecule has 1 aliphatic rings. The standard InChI is InChI=1S/C24H32N4O2.C22H26N4O2/c1-5-15-27(17-16-26(3)4)18-23-25-20-12-8-7-11-19(20)24(29)28(23)21-13-9-10-14-22(21)30-6-2;1-2-28-20-11-6-5-10-19(20)26-21(16-25-14-7-12-23-13-15-25)24-18-9-4-3-8-17(18)22(26)27/h7-14H,5-6,15-18H2,1-4H3;3-6,8-11,23H,2,7,12-16H2,1H3. The Morgan fingerprint density at radius 2 is 1.17 bits per heavy atom. The molecular formula is C46H58N8O4. The first kappa shape index (κ1) is 42.2. The Balaban J connectivity index is 0.000000196. The fraction of sp³-hybridized carbons (Fsp3) is 0.391. The van der Waals surface area contributed by atoms with Gasteiger partial charge in [0, 0.05) is 26.2 Å². The third kappa shape index (κ3) is 10.4. The van der Waals surface area contributed by atoms with Crippen LogP contribution in [0.2, 0.25) is 0 Å². The molecular weight excluding hydrogens is 729 g/mol. The quantitative estimate of drug-likeness (QED) is 0.131. The van der Waals surface area contributed by atoms with Crippen LogP contribution < -0.4 is 25.9 Å². The predicted octanol–water partition coefficient (Wildman–Crippen LogP) is 6.14. The van der Waals surface area contributed by atoms with E-state index in [1.54, 1.807) is 9.13 Å². The van der Waals surface area contributed by atoms with Crippen LogP contribution in [0.25, 0.3) is 33.2 Å². The van der Waals surface area contributed by atoms with Crippen molar-refractivity contribution in [2.24, 2.45) is 0 Å². The van der Waals surface area contributed by atoms with Crippen LogP contribution >= 0.6 is 0 Å². The molecule has 3 heterocycles. The Hall–Kier alpha value is -5.40. The number of hydrogen-bond donors (Lipinski definition) is 1. The average molecular weight is 787 g/mol. The van der Waals surface area contributed by atoms with Gasteiger partial charge < -0.3 is 19.7 Å². The highest BCUT2D eigenvalue weighted by Gasteiger charge is 2.20. The van der Waals surface area contributed by atoms with E-state index in [0.717, 1.165) is 92.7 Å². The van der Waals surface area contributed by atoms with Crippen LogP contribution in [0.15, 0.2) is 107 Å². The molecule has 0 saturated carbocycles. The van der Waals surface area contributed by atoms with Gasteiger partial charge in [-0.25, -0.2) is 9.97 Å². The molecule has 0 atom stereocenters. The summed E-state index contributed by atoms with van der Waals surface area (Å²) in [5, 5.41) is 4.66. The zero-order valence-electron chi connectivity index (χ0n) is 34.7. The zero-order chi connectivity index (χ0) is 40.9. The van der Waals surface area contributed by atoms with E-state index >= 15 is 0 Å². The summed E-state index contributed by atoms with van der Waals surface area (Å²) in [6.45, 7) is 15.1. The molecule has 0 bridgehead atoms. The highest BCUT2D eigenvalue weighted by Crippen LogP contribution is 2.26. The summed E-state index contributed by atoms with van der Waals surface area (Å²) in [7, 11) is 4.15. The maximum Gasteiger partial charge on any atom is 0.266 e. The van der Waals surface area contributed by atoms with Gasteiger partial charge in [0.15, 0.2) is 0 Å². The van der Waals surface area contributed by atoms with Gasteiger partial charge in [0.1, 0.15) is 23.1 Å². The molecule has 0 unspecified atom stereocenters. The van der Waals surface area contributed by atoms with Crippen molar-refractivity contribution in [2.45, 2.75) is 46.7 Å². The van der Waals surface area contributed by atoms with E-state index in [0.29, 0.717) is 48.6 Å². The van der Waals surface area contributed by atoms with Gasteiger partial charge in [-0.15, -0.1) is 0 Å². The molecule has 6 aromatic rings. The topological polar surface area (TPSA) is 110 Å². The van der Waals surface area contributed by atoms with E-state index in [2.05, 4.69) is 41.0 Å². The minimum Gasteiger partial charge on any atom is -0.492 e. The average Bonchev–Trinajstić information content (AvgIpc) is 3.50. The van der Waals surface area contributed by atoms with Crippen LogP contribution in [0.4, 0.5) is 0 Å². The number of likely N-dealkylation sites (N-methyl/N-ethyl adjacent to an activating group) is 1. The lowest BCUT2D eigenvalue weighted by atomic mass is 10.2. The second-order valence-electron chi connectivity index (χ2n) is 14.6. The molecule has 2 aromatic heterocycles. The number of hydrogen-bond acceptors (Lipinski definition) is 10. The van der Waals surface area contributed by atoms with Gasteiger partial charge in [0.05, 0.1) is 59.5 Å². The van der Waals surface area contributed by atoms with Crippen LogP contribution in [0.3, 0.4) is 0 Å². The number of aromatic nitrogens is 4. The van der Waals surface area contributed by atoms with Gasteiger partial charge in [-0.1, -0.05) is 55.5 Å². The van der Waals surface area contributed by atoms with Crippen LogP contribution in [-0.2, 0) is 13.1 Å². The lowest BCUT2D eigenvalue weighted by molar-refractivity contribution is 0.227. The van der Waals surface area contributed by atoms with E-state index in [4.69, 9.17) is 19.4 Å². The van der Waals surface area contributed by atoms with Crippen molar-refractivity contribution in [2.75, 3.05) is 73.1 Å². The molecule has 1 N–H and O–H groups in total. The molecule has 12 nitrogen and oxygen atoms in total. The predicted molar refractivity (Wildman–Crippen MR) is 234 cm³/mol. The zero-order valence-corrected chi connectivity index (χ0v) is 34.7. The Kier molecular flexibility index (Phi) is 15.2. The number of ether oxygens (including phenoxy) is 2. The lowest BCUT2D eigenvalue weighted by Gasteiger charge is -2.25. The number of para-hydroxylation sites is 6. The normalized spacial score (nSPS) is 13.4. The number of rotatable bonds is 15. The van der Waals surface area contributed by atoms with Crippen molar-refractivity contribution in [3.8, 4) is 22.9 Å². The summed E-state index contributed by atoms with van der Waals surface area (Å²) >= 11 is 0. The number of nitrogens with zero attached hydrogens (tertiary/aromatic N) is 7. The Morgan fingerprint density at radius 3 is 1.74 bits per heavy atom. The third-order valence-corrected chi connectivity index (χ3v) is 10.1. The molecule has 0 radical (unpaired) electrons. The van der Waals surface area contributed by atoms with E-state index in [-0.39, 0.29) is 11.1 Å². The minimum atomic E-state index is -0.0631. The van der Waals surface area contributed by atoms with Gasteiger partial charge in [0.2, 0.25) is 0 Å². The summed E-state index contributed by atoms with van der Waals surface area (Å²) < 4.78 is 15.1. The molecule has 0 spiro atoms. The fourth-order valence-corrected chi connectivity index (χ4v) is 7.29. The molecule has 1 fully saturated rings. The summed E-state index contributed by atoms with van der Waals surface area (Å²) in [4.78, 5) is 43.7. The smallest absolute Gasteiger partial charge is 0.266 e. The minimum absolute atomic E-state index is 0.0549. The third-order valence-electron chi connectivity index (χ3n) is 10.1. The SMILES string of the molecule is CCCN(CCN(C)C)Cc1nc2ccccc2c(=O)n1-c1ccccc1OCC.CCOc1ccccc1-n1c(CN2CCCNCC2)nc2ccccc2c1=O. The van der Waals surface area contributed by atoms with Crippen LogP contribution in [0.1, 0.15) is 45.3 Å². The lowest BCUT2D eigenvalue weighted by Crippen LogP contribution is -2.35. The van der Waals surface area contributed by atoms with Crippen LogP contribution in [0.5, 0.6) is 11.5 Å². The molecule has 1 aliphatic heterocycles. The van der Waals surface area contributed by atoms with Crippen molar-refractivity contribution in [1.82, 2.24) is 39.1 Å². The van der Waals surface area contributed by atoms with E-state index in [1.807, 2.05) is 111 Å². The molecule has 0 amide bonds. The summed E-state index contributed by atoms with van der Waals surface area (Å²) in [6.07, 6.45) is 2.13. The number of fused-ring (bicyclic) bond motifs is 2. The molecule has 58 heavy (non-hydrogen) atoms.